The molecule has 21 heavy (non-hydrogen) atoms. The Labute approximate surface area is 126 Å². The number of pyridine rings is 1. The first-order valence-electron chi connectivity index (χ1n) is 7.36. The van der Waals surface area contributed by atoms with E-state index in [4.69, 9.17) is 10.9 Å². The summed E-state index contributed by atoms with van der Waals surface area (Å²) in [6.07, 6.45) is 2.44. The molecular weight excluding hydrogens is 266 g/mol. The normalized spacial score (nSPS) is 18.0. The van der Waals surface area contributed by atoms with Crippen LogP contribution in [0.1, 0.15) is 24.1 Å². The first kappa shape index (κ1) is 15.6. The zero-order chi connectivity index (χ0) is 15.4. The van der Waals surface area contributed by atoms with Gasteiger partial charge < -0.3 is 20.7 Å². The Hall–Kier alpha value is -1.82. The van der Waals surface area contributed by atoms with E-state index in [1.54, 1.807) is 0 Å². The number of hydrogen-bond acceptors (Lipinski definition) is 5. The summed E-state index contributed by atoms with van der Waals surface area (Å²) >= 11 is 0. The van der Waals surface area contributed by atoms with Crippen LogP contribution in [0.2, 0.25) is 0 Å². The van der Waals surface area contributed by atoms with E-state index in [2.05, 4.69) is 34.0 Å². The van der Waals surface area contributed by atoms with Crippen LogP contribution in [0.25, 0.3) is 0 Å². The zero-order valence-electron chi connectivity index (χ0n) is 13.1. The van der Waals surface area contributed by atoms with Crippen LogP contribution in [0.15, 0.2) is 17.3 Å². The third kappa shape index (κ3) is 4.07. The fourth-order valence-electron chi connectivity index (χ4n) is 2.78. The van der Waals surface area contributed by atoms with Crippen molar-refractivity contribution < 1.29 is 5.21 Å². The van der Waals surface area contributed by atoms with Gasteiger partial charge in [0.15, 0.2) is 5.84 Å². The highest BCUT2D eigenvalue weighted by atomic mass is 16.4. The number of aryl methyl sites for hydroxylation is 1. The average molecular weight is 291 g/mol. The van der Waals surface area contributed by atoms with Gasteiger partial charge in [0.05, 0.1) is 0 Å². The van der Waals surface area contributed by atoms with Gasteiger partial charge in [-0.3, -0.25) is 0 Å². The first-order chi connectivity index (χ1) is 9.99. The maximum absolute atomic E-state index is 8.82. The molecule has 0 amide bonds. The fraction of sp³-hybridized carbons (Fsp3) is 0.600. The van der Waals surface area contributed by atoms with E-state index in [0.717, 1.165) is 31.1 Å². The van der Waals surface area contributed by atoms with Crippen LogP contribution >= 0.6 is 0 Å². The number of nitrogens with zero attached hydrogens (tertiary/aromatic N) is 4. The van der Waals surface area contributed by atoms with Gasteiger partial charge >= 0.3 is 0 Å². The quantitative estimate of drug-likeness (QED) is 0.378. The minimum atomic E-state index is 0.120. The van der Waals surface area contributed by atoms with Gasteiger partial charge in [-0.05, 0) is 58.0 Å². The minimum absolute atomic E-state index is 0.120. The van der Waals surface area contributed by atoms with Crippen molar-refractivity contribution in [1.82, 2.24) is 9.88 Å². The standard InChI is InChI=1S/C15H25N5O/c1-11-8-13(15(16)18-21)9-14(17-11)20(3)10-12-4-6-19(2)7-5-12/h8-9,12,21H,4-7,10H2,1-3H3,(H2,16,18). The van der Waals surface area contributed by atoms with Gasteiger partial charge in [0.2, 0.25) is 0 Å². The molecule has 0 aromatic carbocycles. The molecule has 6 nitrogen and oxygen atoms in total. The molecule has 0 radical (unpaired) electrons. The van der Waals surface area contributed by atoms with Gasteiger partial charge in [0, 0.05) is 24.8 Å². The predicted molar refractivity (Wildman–Crippen MR) is 85.0 cm³/mol. The van der Waals surface area contributed by atoms with Crippen LogP contribution in [-0.2, 0) is 0 Å². The lowest BCUT2D eigenvalue weighted by Crippen LogP contribution is -2.36. The average Bonchev–Trinajstić information content (AvgIpc) is 2.48. The monoisotopic (exact) mass is 291 g/mol. The molecule has 0 aliphatic carbocycles. The SMILES string of the molecule is Cc1cc(/C(N)=N/O)cc(N(C)CC2CCN(C)CC2)n1. The van der Waals surface area contributed by atoms with Crippen LogP contribution in [0.5, 0.6) is 0 Å². The lowest BCUT2D eigenvalue weighted by Gasteiger charge is -2.32. The van der Waals surface area contributed by atoms with Crippen LogP contribution < -0.4 is 10.6 Å². The summed E-state index contributed by atoms with van der Waals surface area (Å²) < 4.78 is 0. The molecule has 116 valence electrons. The molecule has 0 atom stereocenters. The van der Waals surface area contributed by atoms with Crippen molar-refractivity contribution in [3.8, 4) is 0 Å². The molecular formula is C15H25N5O. The lowest BCUT2D eigenvalue weighted by atomic mass is 9.96. The summed E-state index contributed by atoms with van der Waals surface area (Å²) in [7, 11) is 4.22. The molecule has 1 aliphatic rings. The van der Waals surface area contributed by atoms with Crippen LogP contribution in [0.4, 0.5) is 5.82 Å². The van der Waals surface area contributed by atoms with Gasteiger partial charge in [0.1, 0.15) is 5.82 Å². The summed E-state index contributed by atoms with van der Waals surface area (Å²) in [5, 5.41) is 11.9. The third-order valence-corrected chi connectivity index (χ3v) is 4.10. The van der Waals surface area contributed by atoms with E-state index in [-0.39, 0.29) is 5.84 Å². The zero-order valence-corrected chi connectivity index (χ0v) is 13.1. The second-order valence-corrected chi connectivity index (χ2v) is 5.97. The highest BCUT2D eigenvalue weighted by Gasteiger charge is 2.19. The van der Waals surface area contributed by atoms with E-state index in [1.165, 1.54) is 12.8 Å². The maximum Gasteiger partial charge on any atom is 0.170 e. The minimum Gasteiger partial charge on any atom is -0.409 e. The Bertz CT molecular complexity index is 509. The third-order valence-electron chi connectivity index (χ3n) is 4.10. The molecule has 2 heterocycles. The summed E-state index contributed by atoms with van der Waals surface area (Å²) in [6.45, 7) is 5.23. The van der Waals surface area contributed by atoms with Gasteiger partial charge in [-0.2, -0.15) is 0 Å². The van der Waals surface area contributed by atoms with Crippen molar-refractivity contribution >= 4 is 11.7 Å². The lowest BCUT2D eigenvalue weighted by molar-refractivity contribution is 0.222. The molecule has 1 fully saturated rings. The summed E-state index contributed by atoms with van der Waals surface area (Å²) in [5.41, 5.74) is 7.25. The van der Waals surface area contributed by atoms with Crippen molar-refractivity contribution in [2.75, 3.05) is 38.6 Å². The van der Waals surface area contributed by atoms with Gasteiger partial charge in [-0.15, -0.1) is 0 Å². The summed E-state index contributed by atoms with van der Waals surface area (Å²) in [5.74, 6) is 1.69. The van der Waals surface area contributed by atoms with Gasteiger partial charge in [-0.1, -0.05) is 5.16 Å². The first-order valence-corrected chi connectivity index (χ1v) is 7.36. The van der Waals surface area contributed by atoms with Crippen molar-refractivity contribution in [1.29, 1.82) is 0 Å². The topological polar surface area (TPSA) is 78.0 Å². The van der Waals surface area contributed by atoms with E-state index >= 15 is 0 Å². The van der Waals surface area contributed by atoms with Gasteiger partial charge in [0.25, 0.3) is 0 Å². The van der Waals surface area contributed by atoms with Crippen molar-refractivity contribution in [2.45, 2.75) is 19.8 Å². The maximum atomic E-state index is 8.82. The number of oxime groups is 1. The Balaban J connectivity index is 2.08. The molecule has 6 heteroatoms. The van der Waals surface area contributed by atoms with Crippen molar-refractivity contribution in [3.63, 3.8) is 0 Å². The van der Waals surface area contributed by atoms with Crippen molar-refractivity contribution in [2.24, 2.45) is 16.8 Å². The second-order valence-electron chi connectivity index (χ2n) is 5.97. The molecule has 1 aliphatic heterocycles. The van der Waals surface area contributed by atoms with E-state index in [0.29, 0.717) is 11.5 Å². The number of rotatable bonds is 4. The van der Waals surface area contributed by atoms with Gasteiger partial charge in [-0.25, -0.2) is 4.98 Å². The number of anilines is 1. The molecule has 1 saturated heterocycles. The van der Waals surface area contributed by atoms with Crippen LogP contribution in [-0.4, -0.2) is 54.7 Å². The largest absolute Gasteiger partial charge is 0.409 e. The molecule has 1 aromatic heterocycles. The number of amidine groups is 1. The van der Waals surface area contributed by atoms with E-state index in [1.807, 2.05) is 19.1 Å². The van der Waals surface area contributed by atoms with Crippen LogP contribution in [0.3, 0.4) is 0 Å². The predicted octanol–water partition coefficient (Wildman–Crippen LogP) is 1.26. The van der Waals surface area contributed by atoms with Crippen molar-refractivity contribution in [3.05, 3.63) is 23.4 Å². The Morgan fingerprint density at radius 2 is 2.14 bits per heavy atom. The van der Waals surface area contributed by atoms with E-state index in [9.17, 15) is 0 Å². The summed E-state index contributed by atoms with van der Waals surface area (Å²) in [4.78, 5) is 9.09. The second kappa shape index (κ2) is 6.76. The Morgan fingerprint density at radius 3 is 2.76 bits per heavy atom. The number of nitrogens with two attached hydrogens (primary N) is 1. The fourth-order valence-corrected chi connectivity index (χ4v) is 2.78. The smallest absolute Gasteiger partial charge is 0.170 e. The highest BCUT2D eigenvalue weighted by molar-refractivity contribution is 5.97. The molecule has 0 spiro atoms. The molecule has 0 bridgehead atoms. The number of likely N-dealkylation sites (tertiary alicyclic amines) is 1. The highest BCUT2D eigenvalue weighted by Crippen LogP contribution is 2.20. The number of aromatic nitrogens is 1. The number of piperidine rings is 1. The van der Waals surface area contributed by atoms with Crippen LogP contribution in [0, 0.1) is 12.8 Å². The Kier molecular flexibility index (Phi) is 5.01. The summed E-state index contributed by atoms with van der Waals surface area (Å²) in [6, 6.07) is 3.69. The molecule has 1 aromatic rings. The van der Waals surface area contributed by atoms with E-state index < -0.39 is 0 Å². The molecule has 0 unspecified atom stereocenters. The Morgan fingerprint density at radius 1 is 1.48 bits per heavy atom. The molecule has 2 rings (SSSR count). The number of hydrogen-bond donors (Lipinski definition) is 2. The molecule has 0 saturated carbocycles. The molecule has 3 N–H and O–H groups in total.